The van der Waals surface area contributed by atoms with E-state index in [-0.39, 0.29) is 28.7 Å². The van der Waals surface area contributed by atoms with Gasteiger partial charge in [0.1, 0.15) is 11.3 Å². The van der Waals surface area contributed by atoms with Crippen molar-refractivity contribution in [3.8, 4) is 34.0 Å². The fraction of sp³-hybridized carbons (Fsp3) is 0.400. The Hall–Kier alpha value is -3.73. The van der Waals surface area contributed by atoms with Crippen LogP contribution in [-0.2, 0) is 0 Å². The lowest BCUT2D eigenvalue weighted by atomic mass is 9.80. The van der Waals surface area contributed by atoms with Gasteiger partial charge in [0.15, 0.2) is 0 Å². The average Bonchev–Trinajstić information content (AvgIpc) is 3.20. The molecule has 0 radical (unpaired) electrons. The van der Waals surface area contributed by atoms with Crippen LogP contribution >= 0.6 is 0 Å². The second-order valence-corrected chi connectivity index (χ2v) is 10.4. The number of rotatable bonds is 5. The van der Waals surface area contributed by atoms with Crippen molar-refractivity contribution in [1.82, 2.24) is 35.5 Å². The number of aromatic hydroxyl groups is 1. The molecule has 0 atom stereocenters. The highest BCUT2D eigenvalue weighted by molar-refractivity contribution is 5.79. The number of hydrogen-bond donors (Lipinski definition) is 2. The molecule has 1 aliphatic rings. The number of aromatic nitrogens is 6. The van der Waals surface area contributed by atoms with Gasteiger partial charge in [-0.3, -0.25) is 0 Å². The van der Waals surface area contributed by atoms with E-state index in [4.69, 9.17) is 0 Å². The molecule has 11 heteroatoms. The number of pyridine rings is 1. The first-order valence-electron chi connectivity index (χ1n) is 11.6. The van der Waals surface area contributed by atoms with E-state index in [2.05, 4.69) is 63.2 Å². The molecular weight excluding hydrogens is 468 g/mol. The van der Waals surface area contributed by atoms with Gasteiger partial charge in [-0.1, -0.05) is 11.3 Å². The standard InChI is InChI=1S/C25H27F2N7O2/c1-24(2)12-16(13-25(3,4)32-24)34-22-19(30-33-34)11-18(29-31-22)17-6-5-14(9-20(17)35)15-7-8-28-21(10-15)36-23(26)27/h5-11,16,23,32,35H,12-13H2,1-4H3. The Morgan fingerprint density at radius 1 is 1.00 bits per heavy atom. The first-order valence-corrected chi connectivity index (χ1v) is 11.6. The number of hydrogen-bond acceptors (Lipinski definition) is 8. The number of nitrogens with zero attached hydrogens (tertiary/aromatic N) is 6. The second kappa shape index (κ2) is 8.74. The summed E-state index contributed by atoms with van der Waals surface area (Å²) in [4.78, 5) is 3.77. The van der Waals surface area contributed by atoms with Gasteiger partial charge in [-0.15, -0.1) is 15.3 Å². The number of fused-ring (bicyclic) bond motifs is 1. The van der Waals surface area contributed by atoms with Crippen LogP contribution in [0.25, 0.3) is 33.5 Å². The fourth-order valence-corrected chi connectivity index (χ4v) is 5.24. The van der Waals surface area contributed by atoms with Crippen LogP contribution < -0.4 is 10.1 Å². The molecule has 0 unspecified atom stereocenters. The van der Waals surface area contributed by atoms with Crippen molar-refractivity contribution in [3.63, 3.8) is 0 Å². The van der Waals surface area contributed by atoms with Gasteiger partial charge in [-0.2, -0.15) is 8.78 Å². The Kier molecular flexibility index (Phi) is 5.82. The molecule has 9 nitrogen and oxygen atoms in total. The molecule has 1 saturated heterocycles. The zero-order chi connectivity index (χ0) is 25.7. The molecule has 5 rings (SSSR count). The molecule has 1 fully saturated rings. The molecule has 0 amide bonds. The van der Waals surface area contributed by atoms with Crippen molar-refractivity contribution in [2.24, 2.45) is 0 Å². The molecule has 4 aromatic rings. The maximum atomic E-state index is 12.5. The first-order chi connectivity index (χ1) is 17.0. The van der Waals surface area contributed by atoms with E-state index >= 15 is 0 Å². The summed E-state index contributed by atoms with van der Waals surface area (Å²) in [5, 5.41) is 31.9. The van der Waals surface area contributed by atoms with Crippen LogP contribution in [0, 0.1) is 0 Å². The summed E-state index contributed by atoms with van der Waals surface area (Å²) in [5.74, 6) is -0.241. The lowest BCUT2D eigenvalue weighted by Crippen LogP contribution is -2.58. The monoisotopic (exact) mass is 495 g/mol. The minimum atomic E-state index is -2.97. The number of halogens is 2. The third-order valence-corrected chi connectivity index (χ3v) is 6.29. The predicted molar refractivity (Wildman–Crippen MR) is 130 cm³/mol. The third-order valence-electron chi connectivity index (χ3n) is 6.29. The summed E-state index contributed by atoms with van der Waals surface area (Å²) < 4.78 is 31.2. The molecule has 0 aliphatic carbocycles. The van der Waals surface area contributed by atoms with E-state index in [1.54, 1.807) is 24.3 Å². The van der Waals surface area contributed by atoms with Gasteiger partial charge in [0.25, 0.3) is 0 Å². The smallest absolute Gasteiger partial charge is 0.388 e. The topological polar surface area (TPSA) is 111 Å². The van der Waals surface area contributed by atoms with Gasteiger partial charge < -0.3 is 15.2 Å². The number of nitrogens with one attached hydrogen (secondary N) is 1. The van der Waals surface area contributed by atoms with Crippen molar-refractivity contribution in [2.75, 3.05) is 0 Å². The molecule has 0 saturated carbocycles. The van der Waals surface area contributed by atoms with E-state index in [9.17, 15) is 13.9 Å². The Balaban J connectivity index is 1.44. The van der Waals surface area contributed by atoms with Gasteiger partial charge in [-0.25, -0.2) is 9.67 Å². The van der Waals surface area contributed by atoms with Crippen molar-refractivity contribution in [1.29, 1.82) is 0 Å². The molecular formula is C25H27F2N7O2. The Bertz CT molecular complexity index is 1400. The molecule has 1 aromatic carbocycles. The maximum absolute atomic E-state index is 12.5. The number of benzene rings is 1. The summed E-state index contributed by atoms with van der Waals surface area (Å²) in [6, 6.07) is 9.86. The largest absolute Gasteiger partial charge is 0.507 e. The number of piperidine rings is 1. The van der Waals surface area contributed by atoms with E-state index < -0.39 is 6.61 Å². The molecule has 0 spiro atoms. The fourth-order valence-electron chi connectivity index (χ4n) is 5.24. The number of ether oxygens (including phenoxy) is 1. The lowest BCUT2D eigenvalue weighted by Gasteiger charge is -2.46. The molecule has 0 bridgehead atoms. The average molecular weight is 496 g/mol. The quantitative estimate of drug-likeness (QED) is 0.409. The summed E-state index contributed by atoms with van der Waals surface area (Å²) in [6.45, 7) is 5.73. The molecule has 2 N–H and O–H groups in total. The normalized spacial score (nSPS) is 17.5. The van der Waals surface area contributed by atoms with E-state index in [0.717, 1.165) is 12.8 Å². The summed E-state index contributed by atoms with van der Waals surface area (Å²) in [6.07, 6.45) is 3.12. The van der Waals surface area contributed by atoms with Gasteiger partial charge in [-0.05, 0) is 75.9 Å². The number of phenolic OH excluding ortho intramolecular Hbond substituents is 1. The zero-order valence-corrected chi connectivity index (χ0v) is 20.4. The molecule has 1 aliphatic heterocycles. The lowest BCUT2D eigenvalue weighted by molar-refractivity contribution is -0.0528. The summed E-state index contributed by atoms with van der Waals surface area (Å²) in [5.41, 5.74) is 3.14. The van der Waals surface area contributed by atoms with Crippen LogP contribution in [0.5, 0.6) is 11.6 Å². The minimum absolute atomic E-state index is 0.0384. The molecule has 4 heterocycles. The highest BCUT2D eigenvalue weighted by Crippen LogP contribution is 2.37. The highest BCUT2D eigenvalue weighted by Gasteiger charge is 2.39. The van der Waals surface area contributed by atoms with Gasteiger partial charge in [0.05, 0.1) is 11.7 Å². The maximum Gasteiger partial charge on any atom is 0.388 e. The van der Waals surface area contributed by atoms with E-state index in [0.29, 0.717) is 33.5 Å². The van der Waals surface area contributed by atoms with E-state index in [1.807, 2.05) is 4.68 Å². The Morgan fingerprint density at radius 2 is 1.72 bits per heavy atom. The van der Waals surface area contributed by atoms with Crippen LogP contribution in [0.3, 0.4) is 0 Å². The minimum Gasteiger partial charge on any atom is -0.507 e. The third kappa shape index (κ3) is 4.83. The summed E-state index contributed by atoms with van der Waals surface area (Å²) >= 11 is 0. The van der Waals surface area contributed by atoms with Crippen LogP contribution in [0.15, 0.2) is 42.6 Å². The molecule has 3 aromatic heterocycles. The SMILES string of the molecule is CC1(C)CC(n2nnc3cc(-c4ccc(-c5ccnc(OC(F)F)c5)cc4O)nnc32)CC(C)(C)N1. The Labute approximate surface area is 206 Å². The zero-order valence-electron chi connectivity index (χ0n) is 20.4. The second-order valence-electron chi connectivity index (χ2n) is 10.4. The van der Waals surface area contributed by atoms with Gasteiger partial charge >= 0.3 is 6.61 Å². The van der Waals surface area contributed by atoms with Crippen molar-refractivity contribution < 1.29 is 18.6 Å². The van der Waals surface area contributed by atoms with Gasteiger partial charge in [0, 0.05) is 28.9 Å². The molecule has 188 valence electrons. The van der Waals surface area contributed by atoms with Crippen molar-refractivity contribution >= 4 is 11.2 Å². The van der Waals surface area contributed by atoms with Crippen LogP contribution in [0.2, 0.25) is 0 Å². The van der Waals surface area contributed by atoms with Crippen LogP contribution in [0.1, 0.15) is 46.6 Å². The van der Waals surface area contributed by atoms with Crippen molar-refractivity contribution in [2.45, 2.75) is 64.3 Å². The number of alkyl halides is 2. The Morgan fingerprint density at radius 3 is 2.42 bits per heavy atom. The first kappa shape index (κ1) is 24.0. The van der Waals surface area contributed by atoms with Crippen molar-refractivity contribution in [3.05, 3.63) is 42.6 Å². The highest BCUT2D eigenvalue weighted by atomic mass is 19.3. The van der Waals surface area contributed by atoms with Gasteiger partial charge in [0.2, 0.25) is 11.5 Å². The van der Waals surface area contributed by atoms with E-state index in [1.165, 1.54) is 18.3 Å². The van der Waals surface area contributed by atoms with Crippen LogP contribution in [-0.4, -0.2) is 53.0 Å². The number of phenols is 1. The predicted octanol–water partition coefficient (Wildman–Crippen LogP) is 4.74. The molecule has 36 heavy (non-hydrogen) atoms. The summed E-state index contributed by atoms with van der Waals surface area (Å²) in [7, 11) is 0. The van der Waals surface area contributed by atoms with Crippen LogP contribution in [0.4, 0.5) is 8.78 Å².